The molecule has 2 unspecified atom stereocenters. The zero-order valence-corrected chi connectivity index (χ0v) is 11.5. The molecule has 1 saturated heterocycles. The lowest BCUT2D eigenvalue weighted by molar-refractivity contribution is 0.551. The van der Waals surface area contributed by atoms with Gasteiger partial charge in [-0.25, -0.2) is 0 Å². The molecule has 1 aromatic carbocycles. The van der Waals surface area contributed by atoms with E-state index in [1.54, 1.807) is 0 Å². The molecule has 100 valence electrons. The van der Waals surface area contributed by atoms with Crippen LogP contribution >= 0.6 is 0 Å². The third-order valence-electron chi connectivity index (χ3n) is 3.99. The lowest BCUT2D eigenvalue weighted by Crippen LogP contribution is -2.17. The maximum absolute atomic E-state index is 4.42. The van der Waals surface area contributed by atoms with Gasteiger partial charge in [0.1, 0.15) is 11.6 Å². The first kappa shape index (κ1) is 12.4. The van der Waals surface area contributed by atoms with Gasteiger partial charge >= 0.3 is 0 Å². The average molecular weight is 256 g/mol. The minimum absolute atomic E-state index is 0.284. The monoisotopic (exact) mass is 256 g/mol. The summed E-state index contributed by atoms with van der Waals surface area (Å²) in [6.07, 6.45) is 1.15. The Labute approximate surface area is 113 Å². The maximum Gasteiger partial charge on any atom is 0.138 e. The van der Waals surface area contributed by atoms with Crippen LogP contribution in [0.1, 0.15) is 42.5 Å². The van der Waals surface area contributed by atoms with Crippen molar-refractivity contribution in [1.82, 2.24) is 20.1 Å². The minimum atomic E-state index is 0.284. The zero-order chi connectivity index (χ0) is 13.2. The molecule has 4 nitrogen and oxygen atoms in total. The Morgan fingerprint density at radius 2 is 2.05 bits per heavy atom. The Bertz CT molecular complexity index is 541. The van der Waals surface area contributed by atoms with Crippen LogP contribution < -0.4 is 5.32 Å². The minimum Gasteiger partial charge on any atom is -0.316 e. The molecule has 4 heteroatoms. The van der Waals surface area contributed by atoms with Crippen molar-refractivity contribution in [3.05, 3.63) is 47.5 Å². The van der Waals surface area contributed by atoms with Gasteiger partial charge in [-0.1, -0.05) is 30.3 Å². The van der Waals surface area contributed by atoms with E-state index in [-0.39, 0.29) is 6.04 Å². The van der Waals surface area contributed by atoms with Gasteiger partial charge in [0.25, 0.3) is 0 Å². The van der Waals surface area contributed by atoms with Gasteiger partial charge in [0.05, 0.1) is 6.04 Å². The fraction of sp³-hybridized carbons (Fsp3) is 0.467. The highest BCUT2D eigenvalue weighted by atomic mass is 15.3. The Morgan fingerprint density at radius 3 is 2.74 bits per heavy atom. The van der Waals surface area contributed by atoms with Crippen molar-refractivity contribution < 1.29 is 0 Å². The summed E-state index contributed by atoms with van der Waals surface area (Å²) >= 11 is 0. The Kier molecular flexibility index (Phi) is 3.34. The van der Waals surface area contributed by atoms with E-state index in [2.05, 4.69) is 57.3 Å². The molecule has 0 spiro atoms. The standard InChI is InChI=1S/C15H20N4/c1-11(13-6-4-3-5-7-13)19-12(2)17-18-15(19)14-8-9-16-10-14/h3-7,11,14,16H,8-10H2,1-2H3. The molecule has 2 heterocycles. The summed E-state index contributed by atoms with van der Waals surface area (Å²) in [6.45, 7) is 6.35. The number of aromatic nitrogens is 3. The van der Waals surface area contributed by atoms with Crippen LogP contribution in [0.2, 0.25) is 0 Å². The molecule has 0 saturated carbocycles. The number of hydrogen-bond donors (Lipinski definition) is 1. The molecule has 0 bridgehead atoms. The molecule has 0 amide bonds. The normalized spacial score (nSPS) is 20.6. The molecular formula is C15H20N4. The first-order valence-electron chi connectivity index (χ1n) is 6.94. The van der Waals surface area contributed by atoms with Crippen LogP contribution in [0.25, 0.3) is 0 Å². The summed E-state index contributed by atoms with van der Waals surface area (Å²) in [5.74, 6) is 2.62. The Morgan fingerprint density at radius 1 is 1.26 bits per heavy atom. The molecule has 1 aromatic heterocycles. The SMILES string of the molecule is Cc1nnc(C2CCNC2)n1C(C)c1ccccc1. The highest BCUT2D eigenvalue weighted by Gasteiger charge is 2.25. The largest absolute Gasteiger partial charge is 0.316 e. The van der Waals surface area contributed by atoms with Gasteiger partial charge in [0.2, 0.25) is 0 Å². The van der Waals surface area contributed by atoms with Gasteiger partial charge in [-0.2, -0.15) is 0 Å². The summed E-state index contributed by atoms with van der Waals surface area (Å²) in [7, 11) is 0. The topological polar surface area (TPSA) is 42.7 Å². The zero-order valence-electron chi connectivity index (χ0n) is 11.5. The third kappa shape index (κ3) is 2.28. The van der Waals surface area contributed by atoms with Crippen molar-refractivity contribution in [2.24, 2.45) is 0 Å². The highest BCUT2D eigenvalue weighted by Crippen LogP contribution is 2.27. The summed E-state index contributed by atoms with van der Waals surface area (Å²) in [6, 6.07) is 10.8. The van der Waals surface area contributed by atoms with Crippen molar-refractivity contribution in [2.45, 2.75) is 32.2 Å². The van der Waals surface area contributed by atoms with E-state index in [1.807, 2.05) is 6.92 Å². The van der Waals surface area contributed by atoms with E-state index in [4.69, 9.17) is 0 Å². The second-order valence-corrected chi connectivity index (χ2v) is 5.25. The Balaban J connectivity index is 1.97. The van der Waals surface area contributed by atoms with Crippen molar-refractivity contribution in [1.29, 1.82) is 0 Å². The molecule has 1 aliphatic rings. The van der Waals surface area contributed by atoms with Crippen LogP contribution in [0, 0.1) is 6.92 Å². The first-order chi connectivity index (χ1) is 9.27. The van der Waals surface area contributed by atoms with Gasteiger partial charge in [-0.05, 0) is 32.4 Å². The van der Waals surface area contributed by atoms with Crippen LogP contribution in [-0.4, -0.2) is 27.9 Å². The molecular weight excluding hydrogens is 236 g/mol. The van der Waals surface area contributed by atoms with E-state index >= 15 is 0 Å². The van der Waals surface area contributed by atoms with E-state index < -0.39 is 0 Å². The van der Waals surface area contributed by atoms with Crippen molar-refractivity contribution in [3.63, 3.8) is 0 Å². The van der Waals surface area contributed by atoms with Crippen LogP contribution in [0.3, 0.4) is 0 Å². The van der Waals surface area contributed by atoms with Gasteiger partial charge in [0.15, 0.2) is 0 Å². The number of rotatable bonds is 3. The summed E-state index contributed by atoms with van der Waals surface area (Å²) in [5.41, 5.74) is 1.30. The van der Waals surface area contributed by atoms with Gasteiger partial charge < -0.3 is 9.88 Å². The van der Waals surface area contributed by atoms with Crippen LogP contribution in [0.5, 0.6) is 0 Å². The lowest BCUT2D eigenvalue weighted by atomic mass is 10.1. The lowest BCUT2D eigenvalue weighted by Gasteiger charge is -2.19. The number of nitrogens with one attached hydrogen (secondary N) is 1. The van der Waals surface area contributed by atoms with Crippen LogP contribution in [0.15, 0.2) is 30.3 Å². The second kappa shape index (κ2) is 5.13. The van der Waals surface area contributed by atoms with Crippen molar-refractivity contribution in [2.75, 3.05) is 13.1 Å². The predicted octanol–water partition coefficient (Wildman–Crippen LogP) is 2.27. The molecule has 1 fully saturated rings. The molecule has 3 rings (SSSR count). The van der Waals surface area contributed by atoms with Crippen LogP contribution in [-0.2, 0) is 0 Å². The third-order valence-corrected chi connectivity index (χ3v) is 3.99. The van der Waals surface area contributed by atoms with Gasteiger partial charge in [0, 0.05) is 12.5 Å². The van der Waals surface area contributed by atoms with Crippen molar-refractivity contribution >= 4 is 0 Å². The maximum atomic E-state index is 4.42. The number of benzene rings is 1. The fourth-order valence-electron chi connectivity index (χ4n) is 2.90. The smallest absolute Gasteiger partial charge is 0.138 e. The van der Waals surface area contributed by atoms with E-state index in [9.17, 15) is 0 Å². The summed E-state index contributed by atoms with van der Waals surface area (Å²) in [4.78, 5) is 0. The number of hydrogen-bond acceptors (Lipinski definition) is 3. The molecule has 0 aliphatic carbocycles. The number of nitrogens with zero attached hydrogens (tertiary/aromatic N) is 3. The summed E-state index contributed by atoms with van der Waals surface area (Å²) in [5, 5.41) is 12.1. The number of aryl methyl sites for hydroxylation is 1. The average Bonchev–Trinajstić information content (AvgIpc) is 3.08. The molecule has 0 radical (unpaired) electrons. The van der Waals surface area contributed by atoms with Crippen LogP contribution in [0.4, 0.5) is 0 Å². The second-order valence-electron chi connectivity index (χ2n) is 5.25. The molecule has 1 N–H and O–H groups in total. The van der Waals surface area contributed by atoms with Crippen molar-refractivity contribution in [3.8, 4) is 0 Å². The Hall–Kier alpha value is -1.68. The van der Waals surface area contributed by atoms with E-state index in [0.29, 0.717) is 5.92 Å². The van der Waals surface area contributed by atoms with E-state index in [0.717, 1.165) is 31.2 Å². The van der Waals surface area contributed by atoms with Gasteiger partial charge in [-0.3, -0.25) is 0 Å². The molecule has 19 heavy (non-hydrogen) atoms. The van der Waals surface area contributed by atoms with Gasteiger partial charge in [-0.15, -0.1) is 10.2 Å². The highest BCUT2D eigenvalue weighted by molar-refractivity contribution is 5.21. The summed E-state index contributed by atoms with van der Waals surface area (Å²) < 4.78 is 2.28. The quantitative estimate of drug-likeness (QED) is 0.916. The van der Waals surface area contributed by atoms with E-state index in [1.165, 1.54) is 5.56 Å². The first-order valence-corrected chi connectivity index (χ1v) is 6.94. The molecule has 1 aliphatic heterocycles. The molecule has 2 aromatic rings. The fourth-order valence-corrected chi connectivity index (χ4v) is 2.90. The predicted molar refractivity (Wildman–Crippen MR) is 75.2 cm³/mol. The molecule has 2 atom stereocenters.